The van der Waals surface area contributed by atoms with Crippen LogP contribution in [0.1, 0.15) is 39.0 Å². The highest BCUT2D eigenvalue weighted by Gasteiger charge is 2.01. The Hall–Kier alpha value is -4.32. The lowest BCUT2D eigenvalue weighted by Crippen LogP contribution is -2.07. The Morgan fingerprint density at radius 2 is 0.923 bits per heavy atom. The lowest BCUT2D eigenvalue weighted by atomic mass is 10.1. The Morgan fingerprint density at radius 1 is 0.513 bits per heavy atom. The van der Waals surface area contributed by atoms with E-state index in [2.05, 4.69) is 51.6 Å². The molecule has 6 nitrogen and oxygen atoms in total. The first-order chi connectivity index (χ1) is 19.1. The van der Waals surface area contributed by atoms with Crippen LogP contribution in [0.25, 0.3) is 11.1 Å². The summed E-state index contributed by atoms with van der Waals surface area (Å²) in [5, 5.41) is 17.4. The molecule has 0 atom stereocenters. The fourth-order valence-corrected chi connectivity index (χ4v) is 3.99. The first-order valence-corrected chi connectivity index (χ1v) is 13.6. The van der Waals surface area contributed by atoms with Crippen LogP contribution in [0, 0.1) is 0 Å². The molecule has 4 aromatic rings. The molecule has 4 rings (SSSR count). The molecule has 0 saturated carbocycles. The van der Waals surface area contributed by atoms with Crippen molar-refractivity contribution in [3.8, 4) is 16.9 Å². The Labute approximate surface area is 232 Å². The summed E-state index contributed by atoms with van der Waals surface area (Å²) < 4.78 is 5.88. The smallest absolute Gasteiger partial charge is 0.119 e. The fraction of sp³-hybridized carbons (Fsp3) is 0.273. The summed E-state index contributed by atoms with van der Waals surface area (Å²) in [6.45, 7) is 3.01. The van der Waals surface area contributed by atoms with Gasteiger partial charge in [0.15, 0.2) is 0 Å². The van der Waals surface area contributed by atoms with Gasteiger partial charge in [0.05, 0.1) is 29.4 Å². The lowest BCUT2D eigenvalue weighted by Gasteiger charge is -2.11. The quantitative estimate of drug-likeness (QED) is 0.130. The highest BCUT2D eigenvalue weighted by atomic mass is 16.5. The maximum Gasteiger partial charge on any atom is 0.119 e. The SMILES string of the molecule is CCCCCCCOc1ccc(-c2ccc(N=Nc3ccc(/N=N/c4ccc(N(C)C)cc4)cc3)cc2)cc1. The number of benzene rings is 4. The molecule has 0 radical (unpaired) electrons. The molecule has 0 N–H and O–H groups in total. The van der Waals surface area contributed by atoms with Crippen molar-refractivity contribution in [2.45, 2.75) is 39.0 Å². The number of rotatable bonds is 13. The fourth-order valence-electron chi connectivity index (χ4n) is 3.99. The maximum atomic E-state index is 5.88. The zero-order chi connectivity index (χ0) is 27.3. The van der Waals surface area contributed by atoms with E-state index in [0.717, 1.165) is 58.3 Å². The molecule has 6 heteroatoms. The molecule has 200 valence electrons. The Kier molecular flexibility index (Phi) is 10.4. The van der Waals surface area contributed by atoms with E-state index < -0.39 is 0 Å². The molecule has 0 spiro atoms. The second-order valence-electron chi connectivity index (χ2n) is 9.66. The van der Waals surface area contributed by atoms with Gasteiger partial charge in [-0.3, -0.25) is 0 Å². The van der Waals surface area contributed by atoms with Crippen molar-refractivity contribution in [1.82, 2.24) is 0 Å². The summed E-state index contributed by atoms with van der Waals surface area (Å²) >= 11 is 0. The van der Waals surface area contributed by atoms with E-state index in [-0.39, 0.29) is 0 Å². The van der Waals surface area contributed by atoms with Gasteiger partial charge in [-0.1, -0.05) is 56.9 Å². The Morgan fingerprint density at radius 3 is 1.38 bits per heavy atom. The third kappa shape index (κ3) is 8.88. The molecule has 0 unspecified atom stereocenters. The monoisotopic (exact) mass is 519 g/mol. The van der Waals surface area contributed by atoms with Gasteiger partial charge in [-0.2, -0.15) is 20.5 Å². The first kappa shape index (κ1) is 27.7. The maximum absolute atomic E-state index is 5.88. The van der Waals surface area contributed by atoms with Crippen LogP contribution in [-0.4, -0.2) is 20.7 Å². The summed E-state index contributed by atoms with van der Waals surface area (Å²) in [4.78, 5) is 2.05. The van der Waals surface area contributed by atoms with Crippen molar-refractivity contribution in [3.05, 3.63) is 97.1 Å². The van der Waals surface area contributed by atoms with Gasteiger partial charge in [-0.25, -0.2) is 0 Å². The van der Waals surface area contributed by atoms with Crippen molar-refractivity contribution in [1.29, 1.82) is 0 Å². The normalized spacial score (nSPS) is 11.4. The summed E-state index contributed by atoms with van der Waals surface area (Å²) in [7, 11) is 4.02. The summed E-state index contributed by atoms with van der Waals surface area (Å²) in [5.41, 5.74) is 6.53. The second kappa shape index (κ2) is 14.6. The average Bonchev–Trinajstić information content (AvgIpc) is 2.98. The van der Waals surface area contributed by atoms with Gasteiger partial charge in [-0.15, -0.1) is 0 Å². The van der Waals surface area contributed by atoms with E-state index in [0.29, 0.717) is 0 Å². The van der Waals surface area contributed by atoms with E-state index >= 15 is 0 Å². The van der Waals surface area contributed by atoms with Crippen molar-refractivity contribution in [2.24, 2.45) is 20.5 Å². The van der Waals surface area contributed by atoms with Gasteiger partial charge in [-0.05, 0) is 90.3 Å². The van der Waals surface area contributed by atoms with Crippen LogP contribution in [0.5, 0.6) is 5.75 Å². The molecule has 0 heterocycles. The summed E-state index contributed by atoms with van der Waals surface area (Å²) in [5.74, 6) is 0.922. The third-order valence-corrected chi connectivity index (χ3v) is 6.35. The van der Waals surface area contributed by atoms with Gasteiger partial charge in [0.25, 0.3) is 0 Å². The zero-order valence-corrected chi connectivity index (χ0v) is 23.1. The molecule has 0 saturated heterocycles. The van der Waals surface area contributed by atoms with Crippen molar-refractivity contribution in [2.75, 3.05) is 25.6 Å². The number of unbranched alkanes of at least 4 members (excludes halogenated alkanes) is 4. The minimum Gasteiger partial charge on any atom is -0.494 e. The zero-order valence-electron chi connectivity index (χ0n) is 23.1. The first-order valence-electron chi connectivity index (χ1n) is 13.6. The van der Waals surface area contributed by atoms with E-state index in [9.17, 15) is 0 Å². The van der Waals surface area contributed by atoms with Crippen LogP contribution in [-0.2, 0) is 0 Å². The predicted octanol–water partition coefficient (Wildman–Crippen LogP) is 10.6. The van der Waals surface area contributed by atoms with E-state index in [1.807, 2.05) is 91.8 Å². The number of hydrogen-bond acceptors (Lipinski definition) is 6. The van der Waals surface area contributed by atoms with E-state index in [1.165, 1.54) is 25.7 Å². The highest BCUT2D eigenvalue weighted by molar-refractivity contribution is 5.66. The second-order valence-corrected chi connectivity index (χ2v) is 9.66. The molecule has 4 aromatic carbocycles. The topological polar surface area (TPSA) is 61.9 Å². The molecular formula is C33H37N5O. The molecule has 0 bridgehead atoms. The largest absolute Gasteiger partial charge is 0.494 e. The van der Waals surface area contributed by atoms with Crippen molar-refractivity contribution < 1.29 is 4.74 Å². The van der Waals surface area contributed by atoms with Crippen LogP contribution >= 0.6 is 0 Å². The van der Waals surface area contributed by atoms with Gasteiger partial charge < -0.3 is 9.64 Å². The molecule has 0 aliphatic heterocycles. The van der Waals surface area contributed by atoms with Crippen LogP contribution in [0.3, 0.4) is 0 Å². The Bertz CT molecular complexity index is 1330. The number of anilines is 1. The molecule has 0 aromatic heterocycles. The van der Waals surface area contributed by atoms with Crippen LogP contribution in [0.15, 0.2) is 118 Å². The van der Waals surface area contributed by atoms with E-state index in [4.69, 9.17) is 4.74 Å². The highest BCUT2D eigenvalue weighted by Crippen LogP contribution is 2.27. The molecule has 0 fully saturated rings. The molecular weight excluding hydrogens is 482 g/mol. The standard InChI is InChI=1S/C33H37N5O/c1-4-5-6-7-8-25-39-33-23-11-27(12-24-33)26-9-13-28(14-10-26)34-35-29-15-17-30(18-16-29)36-37-31-19-21-32(22-20-31)38(2)3/h9-24H,4-8,25H2,1-3H3/b35-34?,37-36+. The number of nitrogens with zero attached hydrogens (tertiary/aromatic N) is 5. The third-order valence-electron chi connectivity index (χ3n) is 6.35. The van der Waals surface area contributed by atoms with Crippen LogP contribution < -0.4 is 9.64 Å². The lowest BCUT2D eigenvalue weighted by molar-refractivity contribution is 0.304. The minimum atomic E-state index is 0.759. The molecule has 0 aliphatic rings. The minimum absolute atomic E-state index is 0.759. The molecule has 39 heavy (non-hydrogen) atoms. The summed E-state index contributed by atoms with van der Waals surface area (Å²) in [6.07, 6.45) is 6.21. The van der Waals surface area contributed by atoms with Crippen LogP contribution in [0.4, 0.5) is 28.4 Å². The van der Waals surface area contributed by atoms with Gasteiger partial charge >= 0.3 is 0 Å². The average molecular weight is 520 g/mol. The van der Waals surface area contributed by atoms with Crippen molar-refractivity contribution in [3.63, 3.8) is 0 Å². The number of ether oxygens (including phenoxy) is 1. The number of azo groups is 2. The summed E-state index contributed by atoms with van der Waals surface area (Å²) in [6, 6.07) is 31.8. The van der Waals surface area contributed by atoms with E-state index in [1.54, 1.807) is 0 Å². The van der Waals surface area contributed by atoms with Gasteiger partial charge in [0.2, 0.25) is 0 Å². The molecule has 0 aliphatic carbocycles. The Balaban J connectivity index is 1.27. The van der Waals surface area contributed by atoms with Gasteiger partial charge in [0, 0.05) is 19.8 Å². The predicted molar refractivity (Wildman–Crippen MR) is 162 cm³/mol. The van der Waals surface area contributed by atoms with Crippen molar-refractivity contribution >= 4 is 28.4 Å². The van der Waals surface area contributed by atoms with Gasteiger partial charge in [0.1, 0.15) is 5.75 Å². The number of hydrogen-bond donors (Lipinski definition) is 0. The van der Waals surface area contributed by atoms with Crippen LogP contribution in [0.2, 0.25) is 0 Å². The molecule has 0 amide bonds.